The van der Waals surface area contributed by atoms with Crippen LogP contribution in [0.4, 0.5) is 11.5 Å². The van der Waals surface area contributed by atoms with E-state index in [1.807, 2.05) is 37.2 Å². The fourth-order valence-electron chi connectivity index (χ4n) is 3.44. The number of hydrogen-bond acceptors (Lipinski definition) is 4. The Bertz CT molecular complexity index is 801. The van der Waals surface area contributed by atoms with Crippen molar-refractivity contribution in [3.63, 3.8) is 0 Å². The maximum atomic E-state index is 4.65. The van der Waals surface area contributed by atoms with Crippen LogP contribution in [-0.2, 0) is 6.54 Å². The molecule has 158 valence electrons. The van der Waals surface area contributed by atoms with Crippen molar-refractivity contribution in [2.24, 2.45) is 4.99 Å². The van der Waals surface area contributed by atoms with Crippen LogP contribution in [0.3, 0.4) is 0 Å². The van der Waals surface area contributed by atoms with Gasteiger partial charge in [-0.2, -0.15) is 0 Å². The molecule has 29 heavy (non-hydrogen) atoms. The number of nitrogens with one attached hydrogen (secondary N) is 2. The van der Waals surface area contributed by atoms with E-state index in [9.17, 15) is 0 Å². The van der Waals surface area contributed by atoms with Gasteiger partial charge in [-0.15, -0.1) is 24.0 Å². The molecule has 1 aromatic carbocycles. The molecule has 7 heteroatoms. The average Bonchev–Trinajstić information content (AvgIpc) is 3.26. The van der Waals surface area contributed by atoms with Gasteiger partial charge in [0.1, 0.15) is 5.82 Å². The Morgan fingerprint density at radius 2 is 1.90 bits per heavy atom. The third-order valence-corrected chi connectivity index (χ3v) is 5.11. The molecule has 2 heterocycles. The second-order valence-electron chi connectivity index (χ2n) is 7.46. The molecular weight excluding hydrogens is 475 g/mol. The molecule has 1 atom stereocenters. The van der Waals surface area contributed by atoms with Gasteiger partial charge in [-0.25, -0.2) is 4.98 Å². The molecular formula is C22H33IN6. The Kier molecular flexibility index (Phi) is 9.00. The van der Waals surface area contributed by atoms with E-state index in [0.717, 1.165) is 30.6 Å². The lowest BCUT2D eigenvalue weighted by Crippen LogP contribution is -2.38. The SMILES string of the molecule is CN=C(NCc1cccc(N(C)C)n1)NC(C)c1cccc(N2CCCC2)c1.I. The lowest BCUT2D eigenvalue weighted by atomic mass is 10.1. The van der Waals surface area contributed by atoms with Crippen LogP contribution >= 0.6 is 24.0 Å². The summed E-state index contributed by atoms with van der Waals surface area (Å²) >= 11 is 0. The van der Waals surface area contributed by atoms with E-state index in [0.29, 0.717) is 6.54 Å². The zero-order valence-electron chi connectivity index (χ0n) is 17.9. The number of nitrogens with zero attached hydrogens (tertiary/aromatic N) is 4. The number of pyridine rings is 1. The predicted octanol–water partition coefficient (Wildman–Crippen LogP) is 3.79. The first-order valence-electron chi connectivity index (χ1n) is 10.0. The van der Waals surface area contributed by atoms with Gasteiger partial charge in [0, 0.05) is 39.9 Å². The van der Waals surface area contributed by atoms with Crippen molar-refractivity contribution in [1.82, 2.24) is 15.6 Å². The summed E-state index contributed by atoms with van der Waals surface area (Å²) in [5.74, 6) is 1.73. The summed E-state index contributed by atoms with van der Waals surface area (Å²) in [5, 5.41) is 6.86. The minimum atomic E-state index is 0. The molecule has 1 saturated heterocycles. The molecule has 2 aromatic rings. The summed E-state index contributed by atoms with van der Waals surface area (Å²) in [6.45, 7) is 5.11. The highest BCUT2D eigenvalue weighted by atomic mass is 127. The van der Waals surface area contributed by atoms with Crippen LogP contribution in [0.15, 0.2) is 47.5 Å². The van der Waals surface area contributed by atoms with E-state index in [1.54, 1.807) is 7.05 Å². The number of anilines is 2. The van der Waals surface area contributed by atoms with Crippen molar-refractivity contribution in [1.29, 1.82) is 0 Å². The standard InChI is InChI=1S/C22H32N6.HI/c1-17(18-9-7-11-20(15-18)28-13-5-6-14-28)25-22(23-2)24-16-19-10-8-12-21(26-19)27(3)4;/h7-12,15,17H,5-6,13-14,16H2,1-4H3,(H2,23,24,25);1H. The van der Waals surface area contributed by atoms with Crippen molar-refractivity contribution in [2.45, 2.75) is 32.4 Å². The largest absolute Gasteiger partial charge is 0.372 e. The predicted molar refractivity (Wildman–Crippen MR) is 134 cm³/mol. The van der Waals surface area contributed by atoms with Crippen LogP contribution in [0.5, 0.6) is 0 Å². The van der Waals surface area contributed by atoms with Crippen molar-refractivity contribution in [3.8, 4) is 0 Å². The number of benzene rings is 1. The summed E-state index contributed by atoms with van der Waals surface area (Å²) in [5.41, 5.74) is 3.56. The normalized spacial score (nSPS) is 14.9. The topological polar surface area (TPSA) is 55.8 Å². The van der Waals surface area contributed by atoms with E-state index in [1.165, 1.54) is 24.1 Å². The number of guanidine groups is 1. The highest BCUT2D eigenvalue weighted by Crippen LogP contribution is 2.23. The van der Waals surface area contributed by atoms with Crippen molar-refractivity contribution >= 4 is 41.4 Å². The van der Waals surface area contributed by atoms with E-state index < -0.39 is 0 Å². The summed E-state index contributed by atoms with van der Waals surface area (Å²) in [4.78, 5) is 13.5. The molecule has 1 fully saturated rings. The third-order valence-electron chi connectivity index (χ3n) is 5.11. The van der Waals surface area contributed by atoms with Gasteiger partial charge < -0.3 is 20.4 Å². The van der Waals surface area contributed by atoms with Gasteiger partial charge in [0.2, 0.25) is 0 Å². The fourth-order valence-corrected chi connectivity index (χ4v) is 3.44. The zero-order chi connectivity index (χ0) is 19.9. The molecule has 0 saturated carbocycles. The molecule has 1 aromatic heterocycles. The smallest absolute Gasteiger partial charge is 0.191 e. The molecule has 0 aliphatic carbocycles. The molecule has 1 aliphatic rings. The molecule has 2 N–H and O–H groups in total. The van der Waals surface area contributed by atoms with Gasteiger partial charge in [-0.1, -0.05) is 18.2 Å². The lowest BCUT2D eigenvalue weighted by Gasteiger charge is -2.22. The van der Waals surface area contributed by atoms with E-state index in [-0.39, 0.29) is 30.0 Å². The molecule has 1 unspecified atom stereocenters. The van der Waals surface area contributed by atoms with Gasteiger partial charge >= 0.3 is 0 Å². The van der Waals surface area contributed by atoms with Crippen molar-refractivity contribution < 1.29 is 0 Å². The van der Waals surface area contributed by atoms with Gasteiger partial charge in [0.25, 0.3) is 0 Å². The second-order valence-corrected chi connectivity index (χ2v) is 7.46. The minimum absolute atomic E-state index is 0. The molecule has 1 aliphatic heterocycles. The van der Waals surface area contributed by atoms with Crippen LogP contribution in [-0.4, -0.2) is 45.2 Å². The number of aromatic nitrogens is 1. The number of rotatable bonds is 6. The highest BCUT2D eigenvalue weighted by molar-refractivity contribution is 14.0. The zero-order valence-corrected chi connectivity index (χ0v) is 20.2. The van der Waals surface area contributed by atoms with Crippen LogP contribution in [0, 0.1) is 0 Å². The first kappa shape index (κ1) is 23.3. The van der Waals surface area contributed by atoms with Crippen LogP contribution in [0.2, 0.25) is 0 Å². The third kappa shape index (κ3) is 6.48. The Morgan fingerprint density at radius 3 is 2.59 bits per heavy atom. The fraction of sp³-hybridized carbons (Fsp3) is 0.455. The highest BCUT2D eigenvalue weighted by Gasteiger charge is 2.14. The minimum Gasteiger partial charge on any atom is -0.372 e. The Labute approximate surface area is 191 Å². The van der Waals surface area contributed by atoms with Gasteiger partial charge in [0.05, 0.1) is 18.3 Å². The van der Waals surface area contributed by atoms with E-state index >= 15 is 0 Å². The molecule has 0 amide bonds. The van der Waals surface area contributed by atoms with Crippen LogP contribution in [0.25, 0.3) is 0 Å². The molecule has 6 nitrogen and oxygen atoms in total. The summed E-state index contributed by atoms with van der Waals surface area (Å²) < 4.78 is 0. The first-order valence-corrected chi connectivity index (χ1v) is 10.0. The Morgan fingerprint density at radius 1 is 1.17 bits per heavy atom. The average molecular weight is 508 g/mol. The lowest BCUT2D eigenvalue weighted by molar-refractivity contribution is 0.682. The molecule has 0 radical (unpaired) electrons. The van der Waals surface area contributed by atoms with Crippen molar-refractivity contribution in [3.05, 3.63) is 53.7 Å². The summed E-state index contributed by atoms with van der Waals surface area (Å²) in [6.07, 6.45) is 2.58. The maximum absolute atomic E-state index is 4.65. The summed E-state index contributed by atoms with van der Waals surface area (Å²) in [7, 11) is 5.79. The van der Waals surface area contributed by atoms with Crippen molar-refractivity contribution in [2.75, 3.05) is 44.0 Å². The molecule has 0 bridgehead atoms. The Balaban J connectivity index is 0.00000300. The number of halogens is 1. The van der Waals surface area contributed by atoms with Crippen LogP contribution < -0.4 is 20.4 Å². The van der Waals surface area contributed by atoms with Gasteiger partial charge in [-0.05, 0) is 49.6 Å². The number of aliphatic imine (C=N–C) groups is 1. The second kappa shape index (κ2) is 11.2. The maximum Gasteiger partial charge on any atom is 0.191 e. The summed E-state index contributed by atoms with van der Waals surface area (Å²) in [6, 6.07) is 15.0. The van der Waals surface area contributed by atoms with E-state index in [2.05, 4.69) is 56.7 Å². The Hall–Kier alpha value is -2.03. The van der Waals surface area contributed by atoms with Gasteiger partial charge in [0.15, 0.2) is 5.96 Å². The first-order chi connectivity index (χ1) is 13.6. The van der Waals surface area contributed by atoms with Gasteiger partial charge in [-0.3, -0.25) is 4.99 Å². The number of hydrogen-bond donors (Lipinski definition) is 2. The van der Waals surface area contributed by atoms with E-state index in [4.69, 9.17) is 0 Å². The quantitative estimate of drug-likeness (QED) is 0.354. The molecule has 0 spiro atoms. The van der Waals surface area contributed by atoms with Crippen LogP contribution in [0.1, 0.15) is 37.1 Å². The monoisotopic (exact) mass is 508 g/mol. The molecule has 3 rings (SSSR count).